The Bertz CT molecular complexity index is 1290. The van der Waals surface area contributed by atoms with Crippen molar-refractivity contribution >= 4 is 29.1 Å². The molecule has 1 fully saturated rings. The first-order chi connectivity index (χ1) is 16.3. The van der Waals surface area contributed by atoms with Crippen molar-refractivity contribution in [2.24, 2.45) is 0 Å². The van der Waals surface area contributed by atoms with Gasteiger partial charge in [-0.05, 0) is 26.8 Å². The summed E-state index contributed by atoms with van der Waals surface area (Å²) in [6, 6.07) is 3.47. The van der Waals surface area contributed by atoms with Gasteiger partial charge < -0.3 is 25.6 Å². The molecule has 1 amide bonds. The van der Waals surface area contributed by atoms with E-state index in [0.29, 0.717) is 52.8 Å². The van der Waals surface area contributed by atoms with Crippen molar-refractivity contribution in [2.75, 3.05) is 24.2 Å². The molecule has 0 radical (unpaired) electrons. The molecule has 1 aliphatic rings. The van der Waals surface area contributed by atoms with E-state index in [-0.39, 0.29) is 35.0 Å². The maximum Gasteiger partial charge on any atom is 0.265 e. The summed E-state index contributed by atoms with van der Waals surface area (Å²) < 4.78 is 11.3. The minimum atomic E-state index is -0.396. The summed E-state index contributed by atoms with van der Waals surface area (Å²) in [5, 5.41) is 20.0. The lowest BCUT2D eigenvalue weighted by Gasteiger charge is -2.25. The zero-order valence-electron chi connectivity index (χ0n) is 18.8. The third-order valence-corrected chi connectivity index (χ3v) is 5.82. The van der Waals surface area contributed by atoms with Gasteiger partial charge in [0.15, 0.2) is 5.82 Å². The van der Waals surface area contributed by atoms with E-state index < -0.39 is 6.04 Å². The molecule has 0 spiro atoms. The molecule has 2 aromatic heterocycles. The van der Waals surface area contributed by atoms with E-state index in [0.717, 1.165) is 0 Å². The highest BCUT2D eigenvalue weighted by atomic mass is 35.5. The number of rotatable bonds is 7. The monoisotopic (exact) mass is 482 g/mol. The van der Waals surface area contributed by atoms with Crippen LogP contribution >= 0.6 is 11.6 Å². The summed E-state index contributed by atoms with van der Waals surface area (Å²) >= 11 is 6.53. The van der Waals surface area contributed by atoms with Gasteiger partial charge >= 0.3 is 0 Å². The average Bonchev–Trinajstić information content (AvgIpc) is 3.42. The van der Waals surface area contributed by atoms with Gasteiger partial charge in [0.05, 0.1) is 23.2 Å². The van der Waals surface area contributed by atoms with Crippen molar-refractivity contribution in [1.82, 2.24) is 25.4 Å². The summed E-state index contributed by atoms with van der Waals surface area (Å²) in [6.07, 6.45) is 1.58. The molecule has 0 saturated carbocycles. The van der Waals surface area contributed by atoms with Crippen molar-refractivity contribution in [3.05, 3.63) is 39.9 Å². The SMILES string of the molecule is CCOc1c(C(C)Nc2ncnc(N)c2-c2nc(C)no2)cc(Cl)c(C#N)c1C1CNC(=O)C1. The summed E-state index contributed by atoms with van der Waals surface area (Å²) in [7, 11) is 0. The van der Waals surface area contributed by atoms with Crippen LogP contribution in [0.15, 0.2) is 16.9 Å². The number of halogens is 1. The number of nitrogens with two attached hydrogens (primary N) is 1. The predicted octanol–water partition coefficient (Wildman–Crippen LogP) is 3.12. The van der Waals surface area contributed by atoms with Crippen molar-refractivity contribution in [3.63, 3.8) is 0 Å². The van der Waals surface area contributed by atoms with Crippen LogP contribution in [0, 0.1) is 18.3 Å². The predicted molar refractivity (Wildman–Crippen MR) is 124 cm³/mol. The Morgan fingerprint density at radius 2 is 2.26 bits per heavy atom. The molecular formula is C22H23ClN8O3. The smallest absolute Gasteiger partial charge is 0.265 e. The third-order valence-electron chi connectivity index (χ3n) is 5.52. The van der Waals surface area contributed by atoms with Gasteiger partial charge in [-0.1, -0.05) is 16.8 Å². The van der Waals surface area contributed by atoms with Crippen LogP contribution in [0.5, 0.6) is 5.75 Å². The Morgan fingerprint density at radius 1 is 1.47 bits per heavy atom. The fraction of sp³-hybridized carbons (Fsp3) is 0.364. The molecule has 1 saturated heterocycles. The van der Waals surface area contributed by atoms with Crippen LogP contribution in [0.2, 0.25) is 5.02 Å². The molecule has 4 rings (SSSR count). The highest BCUT2D eigenvalue weighted by Crippen LogP contribution is 2.43. The van der Waals surface area contributed by atoms with Crippen molar-refractivity contribution in [1.29, 1.82) is 5.26 Å². The number of hydrogen-bond acceptors (Lipinski definition) is 10. The van der Waals surface area contributed by atoms with E-state index in [9.17, 15) is 10.1 Å². The molecule has 1 aliphatic heterocycles. The Morgan fingerprint density at radius 3 is 2.88 bits per heavy atom. The summed E-state index contributed by atoms with van der Waals surface area (Å²) in [6.45, 7) is 6.20. The first-order valence-electron chi connectivity index (χ1n) is 10.7. The van der Waals surface area contributed by atoms with E-state index >= 15 is 0 Å². The maximum absolute atomic E-state index is 11.9. The Kier molecular flexibility index (Phi) is 6.51. The zero-order valence-corrected chi connectivity index (χ0v) is 19.6. The molecule has 11 nitrogen and oxygen atoms in total. The Labute approximate surface area is 200 Å². The first-order valence-corrected chi connectivity index (χ1v) is 11.0. The number of amides is 1. The van der Waals surface area contributed by atoms with Crippen molar-refractivity contribution in [2.45, 2.75) is 39.2 Å². The lowest BCUT2D eigenvalue weighted by molar-refractivity contribution is -0.119. The maximum atomic E-state index is 11.9. The normalized spacial score (nSPS) is 16.1. The van der Waals surface area contributed by atoms with E-state index in [1.54, 1.807) is 13.0 Å². The minimum absolute atomic E-state index is 0.0833. The summed E-state index contributed by atoms with van der Waals surface area (Å²) in [5.74, 6) is 1.38. The molecule has 0 aliphatic carbocycles. The number of aryl methyl sites for hydroxylation is 1. The van der Waals surface area contributed by atoms with Gasteiger partial charge in [0.1, 0.15) is 35.3 Å². The second-order valence-electron chi connectivity index (χ2n) is 7.81. The molecule has 176 valence electrons. The van der Waals surface area contributed by atoms with Gasteiger partial charge in [-0.25, -0.2) is 9.97 Å². The number of nitrogen functional groups attached to an aromatic ring is 1. The number of nitrogens with zero attached hydrogens (tertiary/aromatic N) is 5. The lowest BCUT2D eigenvalue weighted by atomic mass is 9.89. The van der Waals surface area contributed by atoms with Crippen molar-refractivity contribution in [3.8, 4) is 23.3 Å². The molecule has 3 aromatic rings. The Balaban J connectivity index is 1.80. The standard InChI is InChI=1S/C22H23ClN8O3/c1-4-33-19-13(6-15(23)14(7-24)17(19)12-5-16(32)26-8-12)10(2)29-21-18(20(25)27-9-28-21)22-30-11(3)31-34-22/h6,9-10,12H,4-5,8H2,1-3H3,(H,26,32)(H3,25,27,28,29). The van der Waals surface area contributed by atoms with Gasteiger partial charge in [0.25, 0.3) is 5.89 Å². The van der Waals surface area contributed by atoms with Gasteiger partial charge in [-0.15, -0.1) is 0 Å². The fourth-order valence-corrected chi connectivity index (χ4v) is 4.27. The molecule has 4 N–H and O–H groups in total. The molecule has 0 bridgehead atoms. The number of carbonyl (C=O) groups is 1. The third kappa shape index (κ3) is 4.32. The Hall–Kier alpha value is -3.91. The zero-order chi connectivity index (χ0) is 24.4. The molecule has 34 heavy (non-hydrogen) atoms. The van der Waals surface area contributed by atoms with Crippen LogP contribution in [0.1, 0.15) is 54.7 Å². The van der Waals surface area contributed by atoms with Crippen LogP contribution in [0.3, 0.4) is 0 Å². The minimum Gasteiger partial charge on any atom is -0.493 e. The van der Waals surface area contributed by atoms with E-state index in [2.05, 4.69) is 36.8 Å². The van der Waals surface area contributed by atoms with Gasteiger partial charge in [0.2, 0.25) is 5.91 Å². The fourth-order valence-electron chi connectivity index (χ4n) is 4.01. The number of benzene rings is 1. The molecule has 2 unspecified atom stereocenters. The van der Waals surface area contributed by atoms with Crippen LogP contribution in [0.4, 0.5) is 11.6 Å². The molecule has 1 aromatic carbocycles. The van der Waals surface area contributed by atoms with Crippen LogP contribution in [-0.2, 0) is 4.79 Å². The van der Waals surface area contributed by atoms with Crippen molar-refractivity contribution < 1.29 is 14.1 Å². The average molecular weight is 483 g/mol. The number of ether oxygens (including phenoxy) is 1. The molecule has 3 heterocycles. The summed E-state index contributed by atoms with van der Waals surface area (Å²) in [5.41, 5.74) is 8.09. The summed E-state index contributed by atoms with van der Waals surface area (Å²) in [4.78, 5) is 24.5. The van der Waals surface area contributed by atoms with Crippen LogP contribution < -0.4 is 21.1 Å². The number of hydrogen-bond donors (Lipinski definition) is 3. The quantitative estimate of drug-likeness (QED) is 0.455. The van der Waals surface area contributed by atoms with Gasteiger partial charge in [-0.3, -0.25) is 4.79 Å². The van der Waals surface area contributed by atoms with Crippen LogP contribution in [-0.4, -0.2) is 39.2 Å². The lowest BCUT2D eigenvalue weighted by Crippen LogP contribution is -2.16. The highest BCUT2D eigenvalue weighted by Gasteiger charge is 2.32. The first kappa shape index (κ1) is 23.3. The van der Waals surface area contributed by atoms with Gasteiger partial charge in [0, 0.05) is 30.0 Å². The number of carbonyl (C=O) groups excluding carboxylic acids is 1. The van der Waals surface area contributed by atoms with E-state index in [4.69, 9.17) is 26.6 Å². The second-order valence-corrected chi connectivity index (χ2v) is 8.22. The number of nitrogens with one attached hydrogen (secondary N) is 2. The molecule has 2 atom stereocenters. The largest absolute Gasteiger partial charge is 0.493 e. The number of aromatic nitrogens is 4. The second kappa shape index (κ2) is 9.52. The van der Waals surface area contributed by atoms with Crippen LogP contribution in [0.25, 0.3) is 11.5 Å². The molecule has 12 heteroatoms. The topological polar surface area (TPSA) is 165 Å². The van der Waals surface area contributed by atoms with E-state index in [1.807, 2.05) is 13.8 Å². The number of nitriles is 1. The number of anilines is 2. The highest BCUT2D eigenvalue weighted by molar-refractivity contribution is 6.32. The van der Waals surface area contributed by atoms with Gasteiger partial charge in [-0.2, -0.15) is 10.2 Å². The molecular weight excluding hydrogens is 460 g/mol. The van der Waals surface area contributed by atoms with E-state index in [1.165, 1.54) is 6.33 Å².